The van der Waals surface area contributed by atoms with E-state index in [1.165, 1.54) is 18.3 Å². The minimum atomic E-state index is -2.66. The number of carbonyl (C=O) groups excluding carboxylic acids is 2. The van der Waals surface area contributed by atoms with Gasteiger partial charge < -0.3 is 9.47 Å². The number of benzene rings is 1. The zero-order chi connectivity index (χ0) is 20.2. The van der Waals surface area contributed by atoms with Crippen molar-refractivity contribution >= 4 is 18.1 Å². The van der Waals surface area contributed by atoms with Gasteiger partial charge in [-0.05, 0) is 39.0 Å². The number of nitrogens with one attached hydrogen (secondary N) is 1. The number of amides is 1. The number of aldehydes is 1. The Morgan fingerprint density at radius 2 is 2.04 bits per heavy atom. The molecule has 0 atom stereocenters. The first-order valence-corrected chi connectivity index (χ1v) is 7.23. The molecule has 1 amide bonds. The Kier molecular flexibility index (Phi) is 4.02. The van der Waals surface area contributed by atoms with Crippen LogP contribution in [0.3, 0.4) is 0 Å². The summed E-state index contributed by atoms with van der Waals surface area (Å²) in [6, 6.07) is 7.75. The standard InChI is InChI=1S/C18H20N2O4/c1-18(2,3)24-17(22)20-14-9-10-19-16(13(14)11-21)12-7-5-6-8-15(12)23-4/h5-11H,1-4H3,(H,19,20,22)/i4D3. The number of hydrogen-bond acceptors (Lipinski definition) is 5. The minimum Gasteiger partial charge on any atom is -0.496 e. The number of para-hydroxylation sites is 1. The van der Waals surface area contributed by atoms with Crippen molar-refractivity contribution < 1.29 is 23.2 Å². The largest absolute Gasteiger partial charge is 0.496 e. The number of methoxy groups -OCH3 is 1. The van der Waals surface area contributed by atoms with Crippen LogP contribution in [0.5, 0.6) is 5.75 Å². The number of ether oxygens (including phenoxy) is 2. The molecule has 2 rings (SSSR count). The quantitative estimate of drug-likeness (QED) is 0.859. The molecule has 0 radical (unpaired) electrons. The van der Waals surface area contributed by atoms with E-state index in [2.05, 4.69) is 10.3 Å². The first-order chi connectivity index (χ1) is 12.5. The predicted octanol–water partition coefficient (Wildman–Crippen LogP) is 3.92. The third kappa shape index (κ3) is 4.10. The molecule has 2 aromatic rings. The van der Waals surface area contributed by atoms with Crippen molar-refractivity contribution in [1.29, 1.82) is 0 Å². The van der Waals surface area contributed by atoms with Gasteiger partial charge in [0.1, 0.15) is 11.4 Å². The van der Waals surface area contributed by atoms with Gasteiger partial charge in [0, 0.05) is 11.8 Å². The highest BCUT2D eigenvalue weighted by atomic mass is 16.6. The molecule has 0 spiro atoms. The van der Waals surface area contributed by atoms with Gasteiger partial charge in [-0.3, -0.25) is 15.1 Å². The van der Waals surface area contributed by atoms with Crippen LogP contribution < -0.4 is 10.1 Å². The molecule has 24 heavy (non-hydrogen) atoms. The second kappa shape index (κ2) is 7.12. The molecule has 0 bridgehead atoms. The molecule has 126 valence electrons. The lowest BCUT2D eigenvalue weighted by Crippen LogP contribution is -2.27. The van der Waals surface area contributed by atoms with Gasteiger partial charge in [-0.25, -0.2) is 4.79 Å². The Balaban J connectivity index is 2.46. The van der Waals surface area contributed by atoms with Crippen molar-refractivity contribution in [3.05, 3.63) is 42.1 Å². The summed E-state index contributed by atoms with van der Waals surface area (Å²) in [4.78, 5) is 27.9. The lowest BCUT2D eigenvalue weighted by atomic mass is 10.0. The number of carbonyl (C=O) groups is 2. The number of aromatic nitrogens is 1. The van der Waals surface area contributed by atoms with Gasteiger partial charge in [-0.1, -0.05) is 12.1 Å². The lowest BCUT2D eigenvalue weighted by Gasteiger charge is -2.20. The van der Waals surface area contributed by atoms with E-state index < -0.39 is 18.7 Å². The summed E-state index contributed by atoms with van der Waals surface area (Å²) < 4.78 is 32.1. The Morgan fingerprint density at radius 3 is 2.71 bits per heavy atom. The van der Waals surface area contributed by atoms with Crippen molar-refractivity contribution in [1.82, 2.24) is 4.98 Å². The molecule has 0 fully saturated rings. The summed E-state index contributed by atoms with van der Waals surface area (Å²) in [5, 5.41) is 2.51. The van der Waals surface area contributed by atoms with Gasteiger partial charge in [-0.2, -0.15) is 0 Å². The molecule has 0 saturated carbocycles. The second-order valence-electron chi connectivity index (χ2n) is 5.96. The highest BCUT2D eigenvalue weighted by Gasteiger charge is 2.19. The summed E-state index contributed by atoms with van der Waals surface area (Å²) in [7, 11) is -2.66. The van der Waals surface area contributed by atoms with Crippen LogP contribution in [0, 0.1) is 0 Å². The van der Waals surface area contributed by atoms with E-state index in [0.717, 1.165) is 0 Å². The molecule has 1 heterocycles. The van der Waals surface area contributed by atoms with E-state index in [0.29, 0.717) is 11.8 Å². The number of hydrogen-bond donors (Lipinski definition) is 1. The zero-order valence-corrected chi connectivity index (χ0v) is 13.6. The Hall–Kier alpha value is -2.89. The monoisotopic (exact) mass is 331 g/mol. The number of anilines is 1. The van der Waals surface area contributed by atoms with Crippen molar-refractivity contribution in [2.45, 2.75) is 26.4 Å². The van der Waals surface area contributed by atoms with Gasteiger partial charge >= 0.3 is 6.09 Å². The summed E-state index contributed by atoms with van der Waals surface area (Å²) in [6.45, 7) is 5.15. The molecule has 0 saturated heterocycles. The van der Waals surface area contributed by atoms with Crippen molar-refractivity contribution in [3.8, 4) is 17.0 Å². The van der Waals surface area contributed by atoms with Crippen LogP contribution in [0.25, 0.3) is 11.3 Å². The molecule has 0 aliphatic rings. The smallest absolute Gasteiger partial charge is 0.412 e. The first kappa shape index (κ1) is 13.5. The maximum Gasteiger partial charge on any atom is 0.412 e. The molecular weight excluding hydrogens is 308 g/mol. The van der Waals surface area contributed by atoms with Crippen LogP contribution in [-0.4, -0.2) is 30.0 Å². The molecule has 0 unspecified atom stereocenters. The third-order valence-corrected chi connectivity index (χ3v) is 3.00. The topological polar surface area (TPSA) is 77.5 Å². The van der Waals surface area contributed by atoms with Gasteiger partial charge in [0.15, 0.2) is 6.29 Å². The van der Waals surface area contributed by atoms with E-state index in [9.17, 15) is 9.59 Å². The second-order valence-corrected chi connectivity index (χ2v) is 5.96. The molecule has 1 N–H and O–H groups in total. The average molecular weight is 331 g/mol. The number of rotatable bonds is 4. The maximum atomic E-state index is 12.0. The Labute approximate surface area is 145 Å². The average Bonchev–Trinajstić information content (AvgIpc) is 2.52. The third-order valence-electron chi connectivity index (χ3n) is 3.00. The Morgan fingerprint density at radius 1 is 1.29 bits per heavy atom. The highest BCUT2D eigenvalue weighted by molar-refractivity contribution is 5.98. The fourth-order valence-corrected chi connectivity index (χ4v) is 2.08. The van der Waals surface area contributed by atoms with E-state index in [-0.39, 0.29) is 22.7 Å². The molecule has 6 heteroatoms. The fourth-order valence-electron chi connectivity index (χ4n) is 2.08. The summed E-state index contributed by atoms with van der Waals surface area (Å²) in [5.74, 6) is 0.0440. The van der Waals surface area contributed by atoms with Gasteiger partial charge in [0.2, 0.25) is 0 Å². The zero-order valence-electron chi connectivity index (χ0n) is 16.6. The van der Waals surface area contributed by atoms with Crippen LogP contribution in [0.1, 0.15) is 35.2 Å². The highest BCUT2D eigenvalue weighted by Crippen LogP contribution is 2.32. The van der Waals surface area contributed by atoms with Crippen LogP contribution >= 0.6 is 0 Å². The van der Waals surface area contributed by atoms with Crippen molar-refractivity contribution in [2.24, 2.45) is 0 Å². The molecule has 0 aliphatic heterocycles. The minimum absolute atomic E-state index is 0.0440. The maximum absolute atomic E-state index is 12.0. The number of pyridine rings is 1. The lowest BCUT2D eigenvalue weighted by molar-refractivity contribution is 0.0636. The molecule has 6 nitrogen and oxygen atoms in total. The summed E-state index contributed by atoms with van der Waals surface area (Å²) in [6.07, 6.45) is 1.19. The van der Waals surface area contributed by atoms with E-state index in [4.69, 9.17) is 13.6 Å². The normalized spacial score (nSPS) is 13.2. The van der Waals surface area contributed by atoms with Crippen LogP contribution in [0.4, 0.5) is 10.5 Å². The van der Waals surface area contributed by atoms with Crippen molar-refractivity contribution in [3.63, 3.8) is 0 Å². The van der Waals surface area contributed by atoms with Gasteiger partial charge in [-0.15, -0.1) is 0 Å². The predicted molar refractivity (Wildman–Crippen MR) is 91.5 cm³/mol. The summed E-state index contributed by atoms with van der Waals surface area (Å²) in [5.41, 5.74) is 0.0430. The summed E-state index contributed by atoms with van der Waals surface area (Å²) >= 11 is 0. The Bertz CT molecular complexity index is 845. The molecular formula is C18H20N2O4. The van der Waals surface area contributed by atoms with Crippen LogP contribution in [-0.2, 0) is 4.74 Å². The molecule has 0 aliphatic carbocycles. The van der Waals surface area contributed by atoms with Crippen LogP contribution in [0.2, 0.25) is 0 Å². The van der Waals surface area contributed by atoms with Crippen LogP contribution in [0.15, 0.2) is 36.5 Å². The SMILES string of the molecule is [2H]C([2H])([2H])Oc1ccccc1-c1nccc(NC(=O)OC(C)(C)C)c1C=O. The van der Waals surface area contributed by atoms with Gasteiger partial charge in [0.05, 0.1) is 28.1 Å². The fraction of sp³-hybridized carbons (Fsp3) is 0.278. The van der Waals surface area contributed by atoms with E-state index >= 15 is 0 Å². The molecule has 1 aromatic heterocycles. The molecule has 1 aromatic carbocycles. The van der Waals surface area contributed by atoms with Gasteiger partial charge in [0.25, 0.3) is 0 Å². The number of nitrogens with zero attached hydrogens (tertiary/aromatic N) is 1. The van der Waals surface area contributed by atoms with E-state index in [1.54, 1.807) is 39.0 Å². The first-order valence-electron chi connectivity index (χ1n) is 8.73. The van der Waals surface area contributed by atoms with Crippen molar-refractivity contribution in [2.75, 3.05) is 12.4 Å². The van der Waals surface area contributed by atoms with E-state index in [1.807, 2.05) is 0 Å².